The Morgan fingerprint density at radius 2 is 1.32 bits per heavy atom. The van der Waals surface area contributed by atoms with Crippen molar-refractivity contribution in [1.82, 2.24) is 4.57 Å². The van der Waals surface area contributed by atoms with E-state index in [1.807, 2.05) is 48.5 Å². The highest BCUT2D eigenvalue weighted by Crippen LogP contribution is 2.42. The Balaban J connectivity index is 1.32. The Morgan fingerprint density at radius 3 is 2.24 bits per heavy atom. The molecule has 192 valence electrons. The van der Waals surface area contributed by atoms with Crippen LogP contribution in [0.2, 0.25) is 0 Å². The highest BCUT2D eigenvalue weighted by Gasteiger charge is 2.20. The molecule has 6 aromatic carbocycles. The zero-order chi connectivity index (χ0) is 27.1. The first-order valence-electron chi connectivity index (χ1n) is 13.6. The van der Waals surface area contributed by atoms with Crippen LogP contribution in [0, 0.1) is 0 Å². The average molecular weight is 544 g/mol. The van der Waals surface area contributed by atoms with E-state index in [-0.39, 0.29) is 5.43 Å². The van der Waals surface area contributed by atoms with Gasteiger partial charge in [0, 0.05) is 43.3 Å². The number of para-hydroxylation sites is 2. The van der Waals surface area contributed by atoms with Gasteiger partial charge in [-0.3, -0.25) is 4.79 Å². The second-order valence-corrected chi connectivity index (χ2v) is 11.3. The number of hydrogen-bond acceptors (Lipinski definition) is 3. The number of thiophene rings is 1. The van der Waals surface area contributed by atoms with Crippen molar-refractivity contribution in [3.63, 3.8) is 0 Å². The zero-order valence-corrected chi connectivity index (χ0v) is 22.6. The second-order valence-electron chi connectivity index (χ2n) is 10.5. The average Bonchev–Trinajstić information content (AvgIpc) is 3.71. The molecule has 4 heteroatoms. The zero-order valence-electron chi connectivity index (χ0n) is 21.8. The van der Waals surface area contributed by atoms with Crippen LogP contribution < -0.4 is 5.43 Å². The topological polar surface area (TPSA) is 35.1 Å². The monoisotopic (exact) mass is 543 g/mol. The van der Waals surface area contributed by atoms with Gasteiger partial charge in [-0.05, 0) is 52.7 Å². The lowest BCUT2D eigenvalue weighted by atomic mass is 10.0. The Kier molecular flexibility index (Phi) is 4.63. The molecule has 0 spiro atoms. The Hall–Kier alpha value is -5.19. The third-order valence-corrected chi connectivity index (χ3v) is 9.05. The van der Waals surface area contributed by atoms with Gasteiger partial charge in [0.15, 0.2) is 5.43 Å². The van der Waals surface area contributed by atoms with Crippen molar-refractivity contribution in [1.29, 1.82) is 0 Å². The molecule has 3 nitrogen and oxygen atoms in total. The fraction of sp³-hybridized carbons (Fsp3) is 0. The maximum atomic E-state index is 13.4. The molecular weight excluding hydrogens is 522 g/mol. The first-order valence-corrected chi connectivity index (χ1v) is 14.6. The van der Waals surface area contributed by atoms with Crippen molar-refractivity contribution in [3.05, 3.63) is 136 Å². The number of hydrogen-bond donors (Lipinski definition) is 0. The molecule has 0 radical (unpaired) electrons. The van der Waals surface area contributed by atoms with Gasteiger partial charge in [0.25, 0.3) is 0 Å². The van der Waals surface area contributed by atoms with E-state index in [9.17, 15) is 4.79 Å². The molecule has 0 aliphatic heterocycles. The number of nitrogens with zero attached hydrogens (tertiary/aromatic N) is 1. The lowest BCUT2D eigenvalue weighted by Gasteiger charge is -2.10. The van der Waals surface area contributed by atoms with Crippen molar-refractivity contribution in [2.24, 2.45) is 0 Å². The lowest BCUT2D eigenvalue weighted by Crippen LogP contribution is -1.98. The minimum atomic E-state index is 0.0648. The van der Waals surface area contributed by atoms with Crippen molar-refractivity contribution < 1.29 is 4.42 Å². The van der Waals surface area contributed by atoms with E-state index in [1.165, 1.54) is 0 Å². The molecule has 0 saturated heterocycles. The summed E-state index contributed by atoms with van der Waals surface area (Å²) in [6, 6.07) is 39.3. The van der Waals surface area contributed by atoms with Gasteiger partial charge in [-0.15, -0.1) is 11.3 Å². The molecule has 0 unspecified atom stereocenters. The SMILES string of the molecule is O=c1c2ccccc2ccc2cc(-c3cscc3-n3c4ccccc4c4c5oc6ccccc6c5ccc43)ccc12. The highest BCUT2D eigenvalue weighted by molar-refractivity contribution is 7.08. The third-order valence-electron chi connectivity index (χ3n) is 8.32. The summed E-state index contributed by atoms with van der Waals surface area (Å²) in [6.45, 7) is 0. The summed E-state index contributed by atoms with van der Waals surface area (Å²) in [5.41, 5.74) is 7.46. The van der Waals surface area contributed by atoms with Gasteiger partial charge >= 0.3 is 0 Å². The van der Waals surface area contributed by atoms with Crippen molar-refractivity contribution in [2.45, 2.75) is 0 Å². The maximum Gasteiger partial charge on any atom is 0.194 e. The van der Waals surface area contributed by atoms with Crippen LogP contribution in [-0.2, 0) is 0 Å². The molecule has 3 aromatic heterocycles. The van der Waals surface area contributed by atoms with Crippen molar-refractivity contribution in [2.75, 3.05) is 0 Å². The minimum Gasteiger partial charge on any atom is -0.455 e. The summed E-state index contributed by atoms with van der Waals surface area (Å²) in [7, 11) is 0. The van der Waals surface area contributed by atoms with Crippen LogP contribution in [0.25, 0.3) is 82.1 Å². The molecule has 0 aliphatic rings. The molecule has 0 amide bonds. The molecular formula is C37H21NO2S. The lowest BCUT2D eigenvalue weighted by molar-refractivity contribution is 0.673. The summed E-state index contributed by atoms with van der Waals surface area (Å²) in [5.74, 6) is 0. The van der Waals surface area contributed by atoms with Crippen molar-refractivity contribution >= 4 is 76.6 Å². The summed E-state index contributed by atoms with van der Waals surface area (Å²) in [5, 5.41) is 12.3. The quantitative estimate of drug-likeness (QED) is 0.217. The van der Waals surface area contributed by atoms with Gasteiger partial charge in [0.1, 0.15) is 11.2 Å². The van der Waals surface area contributed by atoms with E-state index >= 15 is 0 Å². The molecule has 0 N–H and O–H groups in total. The number of fused-ring (bicyclic) bond motifs is 9. The molecule has 0 saturated carbocycles. The van der Waals surface area contributed by atoms with E-state index in [0.717, 1.165) is 82.1 Å². The summed E-state index contributed by atoms with van der Waals surface area (Å²) in [6.07, 6.45) is 0. The predicted octanol–water partition coefficient (Wildman–Crippen LogP) is 10.1. The number of benzene rings is 5. The predicted molar refractivity (Wildman–Crippen MR) is 173 cm³/mol. The first-order chi connectivity index (χ1) is 20.3. The molecule has 0 atom stereocenters. The minimum absolute atomic E-state index is 0.0648. The molecule has 0 bridgehead atoms. The number of aromatic nitrogens is 1. The van der Waals surface area contributed by atoms with E-state index in [4.69, 9.17) is 4.42 Å². The summed E-state index contributed by atoms with van der Waals surface area (Å²) in [4.78, 5) is 13.4. The number of furan rings is 1. The maximum absolute atomic E-state index is 13.4. The van der Waals surface area contributed by atoms with E-state index in [1.54, 1.807) is 11.3 Å². The van der Waals surface area contributed by atoms with Gasteiger partial charge in [0.2, 0.25) is 0 Å². The normalized spacial score (nSPS) is 12.0. The Morgan fingerprint density at radius 1 is 0.585 bits per heavy atom. The fourth-order valence-electron chi connectivity index (χ4n) is 6.42. The van der Waals surface area contributed by atoms with Crippen LogP contribution in [0.5, 0.6) is 0 Å². The van der Waals surface area contributed by atoms with Gasteiger partial charge in [-0.25, -0.2) is 0 Å². The van der Waals surface area contributed by atoms with Crippen LogP contribution >= 0.6 is 11.3 Å². The first kappa shape index (κ1) is 22.6. The summed E-state index contributed by atoms with van der Waals surface area (Å²) >= 11 is 1.69. The van der Waals surface area contributed by atoms with E-state index < -0.39 is 0 Å². The summed E-state index contributed by atoms with van der Waals surface area (Å²) < 4.78 is 8.83. The largest absolute Gasteiger partial charge is 0.455 e. The van der Waals surface area contributed by atoms with Gasteiger partial charge in [-0.2, -0.15) is 0 Å². The van der Waals surface area contributed by atoms with Gasteiger partial charge in [0.05, 0.1) is 22.1 Å². The number of rotatable bonds is 2. The van der Waals surface area contributed by atoms with Gasteiger partial charge < -0.3 is 8.98 Å². The molecule has 0 aliphatic carbocycles. The van der Waals surface area contributed by atoms with Crippen molar-refractivity contribution in [3.8, 4) is 16.8 Å². The Labute approximate surface area is 238 Å². The molecule has 0 fully saturated rings. The van der Waals surface area contributed by atoms with Crippen LogP contribution in [0.15, 0.2) is 135 Å². The smallest absolute Gasteiger partial charge is 0.194 e. The van der Waals surface area contributed by atoms with E-state index in [2.05, 4.69) is 82.1 Å². The van der Waals surface area contributed by atoms with Crippen LogP contribution in [-0.4, -0.2) is 4.57 Å². The second kappa shape index (κ2) is 8.40. The van der Waals surface area contributed by atoms with Crippen LogP contribution in [0.3, 0.4) is 0 Å². The van der Waals surface area contributed by atoms with E-state index in [0.29, 0.717) is 0 Å². The molecule has 41 heavy (non-hydrogen) atoms. The molecule has 9 aromatic rings. The van der Waals surface area contributed by atoms with Gasteiger partial charge in [-0.1, -0.05) is 78.9 Å². The standard InChI is InChI=1S/C37H21NO2S/c39-36-25-8-2-1-7-22(25)13-14-23-19-24(15-16-26(23)36)30-20-41-21-33(30)38-31-11-5-3-10-29(31)35-32(38)18-17-28-27-9-4-6-12-34(27)40-37(28)35/h1-21H. The van der Waals surface area contributed by atoms with Crippen LogP contribution in [0.4, 0.5) is 0 Å². The fourth-order valence-corrected chi connectivity index (χ4v) is 7.24. The third kappa shape index (κ3) is 3.17. The molecule has 9 rings (SSSR count). The molecule has 3 heterocycles. The Bertz CT molecular complexity index is 2570. The van der Waals surface area contributed by atoms with Crippen LogP contribution in [0.1, 0.15) is 0 Å². The highest BCUT2D eigenvalue weighted by atomic mass is 32.1.